The second kappa shape index (κ2) is 5.02. The largest absolute Gasteiger partial charge is 0.301 e. The highest BCUT2D eigenvalue weighted by atomic mass is 35.5. The first-order valence-electron chi connectivity index (χ1n) is 5.44. The Morgan fingerprint density at radius 3 is 3.00 bits per heavy atom. The van der Waals surface area contributed by atoms with E-state index in [1.165, 1.54) is 16.9 Å². The van der Waals surface area contributed by atoms with Gasteiger partial charge in [0, 0.05) is 0 Å². The summed E-state index contributed by atoms with van der Waals surface area (Å²) in [6.07, 6.45) is 0.994. The summed E-state index contributed by atoms with van der Waals surface area (Å²) in [4.78, 5) is 15.8. The summed E-state index contributed by atoms with van der Waals surface area (Å²) in [5, 5.41) is 2.76. The van der Waals surface area contributed by atoms with Crippen molar-refractivity contribution in [1.29, 1.82) is 0 Å². The van der Waals surface area contributed by atoms with Crippen molar-refractivity contribution in [2.45, 2.75) is 25.6 Å². The molecule has 1 N–H and O–H groups in total. The van der Waals surface area contributed by atoms with Crippen LogP contribution in [-0.2, 0) is 11.2 Å². The van der Waals surface area contributed by atoms with Crippen LogP contribution in [0.3, 0.4) is 0 Å². The molecule has 0 aliphatic heterocycles. The molecule has 0 aliphatic carbocycles. The van der Waals surface area contributed by atoms with Gasteiger partial charge < -0.3 is 5.32 Å². The highest BCUT2D eigenvalue weighted by Gasteiger charge is 2.12. The van der Waals surface area contributed by atoms with Gasteiger partial charge in [0.2, 0.25) is 5.91 Å². The number of anilines is 1. The molecule has 2 rings (SSSR count). The molecule has 0 aliphatic rings. The van der Waals surface area contributed by atoms with Gasteiger partial charge in [-0.15, -0.1) is 11.6 Å². The lowest BCUT2D eigenvalue weighted by Gasteiger charge is -2.01. The Kier molecular flexibility index (Phi) is 3.64. The normalized spacial score (nSPS) is 12.6. The minimum Gasteiger partial charge on any atom is -0.301 e. The Balaban J connectivity index is 2.28. The third-order valence-electron chi connectivity index (χ3n) is 2.45. The Morgan fingerprint density at radius 2 is 2.35 bits per heavy atom. The van der Waals surface area contributed by atoms with Gasteiger partial charge in [0.25, 0.3) is 0 Å². The van der Waals surface area contributed by atoms with Crippen molar-refractivity contribution in [2.24, 2.45) is 0 Å². The van der Waals surface area contributed by atoms with E-state index < -0.39 is 5.38 Å². The molecule has 3 nitrogen and oxygen atoms in total. The molecule has 17 heavy (non-hydrogen) atoms. The zero-order valence-electron chi connectivity index (χ0n) is 9.66. The second-order valence-corrected chi connectivity index (χ2v) is 5.47. The third kappa shape index (κ3) is 2.76. The third-order valence-corrected chi connectivity index (χ3v) is 3.58. The smallest absolute Gasteiger partial charge is 0.243 e. The Morgan fingerprint density at radius 1 is 1.59 bits per heavy atom. The molecule has 1 heterocycles. The number of halogens is 1. The minimum atomic E-state index is -0.548. The van der Waals surface area contributed by atoms with E-state index in [1.807, 2.05) is 6.07 Å². The first kappa shape index (κ1) is 12.3. The molecule has 2 aromatic rings. The number of aryl methyl sites for hydroxylation is 1. The number of rotatable bonds is 3. The van der Waals surface area contributed by atoms with Gasteiger partial charge in [-0.3, -0.25) is 4.79 Å². The lowest BCUT2D eigenvalue weighted by atomic mass is 10.2. The standard InChI is InChI=1S/C12H13ClN2OS/c1-3-8-4-5-9-10(6-8)17-12(14-9)15-11(16)7(2)13/h4-7H,3H2,1-2H3,(H,14,15,16)/t7-/m1/s1. The lowest BCUT2D eigenvalue weighted by molar-refractivity contribution is -0.115. The van der Waals surface area contributed by atoms with Gasteiger partial charge >= 0.3 is 0 Å². The van der Waals surface area contributed by atoms with Crippen molar-refractivity contribution in [3.63, 3.8) is 0 Å². The fraction of sp³-hybridized carbons (Fsp3) is 0.333. The van der Waals surface area contributed by atoms with Crippen LogP contribution in [0.15, 0.2) is 18.2 Å². The summed E-state index contributed by atoms with van der Waals surface area (Å²) in [6, 6.07) is 6.13. The summed E-state index contributed by atoms with van der Waals surface area (Å²) in [5.41, 5.74) is 2.18. The van der Waals surface area contributed by atoms with E-state index >= 15 is 0 Å². The number of nitrogens with zero attached hydrogens (tertiary/aromatic N) is 1. The first-order chi connectivity index (χ1) is 8.10. The topological polar surface area (TPSA) is 42.0 Å². The molecule has 1 aromatic carbocycles. The Hall–Kier alpha value is -1.13. The predicted molar refractivity (Wildman–Crippen MR) is 72.9 cm³/mol. The molecule has 0 saturated heterocycles. The van der Waals surface area contributed by atoms with Crippen LogP contribution >= 0.6 is 22.9 Å². The van der Waals surface area contributed by atoms with Crippen LogP contribution in [0, 0.1) is 0 Å². The maximum atomic E-state index is 11.4. The van der Waals surface area contributed by atoms with Gasteiger partial charge in [-0.25, -0.2) is 4.98 Å². The molecule has 0 spiro atoms. The maximum Gasteiger partial charge on any atom is 0.243 e. The molecule has 90 valence electrons. The number of thiazole rings is 1. The van der Waals surface area contributed by atoms with Crippen LogP contribution in [0.5, 0.6) is 0 Å². The van der Waals surface area contributed by atoms with E-state index in [2.05, 4.69) is 29.4 Å². The Bertz CT molecular complexity index is 550. The van der Waals surface area contributed by atoms with Crippen molar-refractivity contribution in [2.75, 3.05) is 5.32 Å². The molecule has 0 saturated carbocycles. The fourth-order valence-electron chi connectivity index (χ4n) is 1.45. The average Bonchev–Trinajstić information content (AvgIpc) is 2.69. The molecule has 5 heteroatoms. The molecule has 1 atom stereocenters. The number of carbonyl (C=O) groups excluding carboxylic acids is 1. The summed E-state index contributed by atoms with van der Waals surface area (Å²) in [6.45, 7) is 3.75. The van der Waals surface area contributed by atoms with Crippen molar-refractivity contribution in [3.05, 3.63) is 23.8 Å². The quantitative estimate of drug-likeness (QED) is 0.867. The van der Waals surface area contributed by atoms with Gasteiger partial charge in [0.05, 0.1) is 10.2 Å². The van der Waals surface area contributed by atoms with E-state index in [9.17, 15) is 4.79 Å². The SMILES string of the molecule is CCc1ccc2nc(NC(=O)[C@@H](C)Cl)sc2c1. The zero-order chi connectivity index (χ0) is 12.4. The van der Waals surface area contributed by atoms with Gasteiger partial charge in [-0.2, -0.15) is 0 Å². The molecular formula is C12H13ClN2OS. The minimum absolute atomic E-state index is 0.221. The molecule has 0 unspecified atom stereocenters. The zero-order valence-corrected chi connectivity index (χ0v) is 11.2. The van der Waals surface area contributed by atoms with E-state index in [-0.39, 0.29) is 5.91 Å². The molecule has 0 fully saturated rings. The van der Waals surface area contributed by atoms with E-state index in [4.69, 9.17) is 11.6 Å². The fourth-order valence-corrected chi connectivity index (χ4v) is 2.43. The van der Waals surface area contributed by atoms with Gasteiger partial charge in [0.1, 0.15) is 5.38 Å². The number of alkyl halides is 1. The summed E-state index contributed by atoms with van der Waals surface area (Å²) in [7, 11) is 0. The van der Waals surface area contributed by atoms with Crippen LogP contribution in [-0.4, -0.2) is 16.3 Å². The van der Waals surface area contributed by atoms with Crippen LogP contribution < -0.4 is 5.32 Å². The monoisotopic (exact) mass is 268 g/mol. The number of amides is 1. The summed E-state index contributed by atoms with van der Waals surface area (Å²) < 4.78 is 1.09. The van der Waals surface area contributed by atoms with E-state index in [1.54, 1.807) is 6.92 Å². The summed E-state index contributed by atoms with van der Waals surface area (Å²) in [5.74, 6) is -0.221. The number of carbonyl (C=O) groups is 1. The molecule has 0 radical (unpaired) electrons. The van der Waals surface area contributed by atoms with Gasteiger partial charge in [0.15, 0.2) is 5.13 Å². The van der Waals surface area contributed by atoms with Crippen LogP contribution in [0.4, 0.5) is 5.13 Å². The lowest BCUT2D eigenvalue weighted by Crippen LogP contribution is -2.19. The predicted octanol–water partition coefficient (Wildman–Crippen LogP) is 3.42. The number of aromatic nitrogens is 1. The van der Waals surface area contributed by atoms with Crippen molar-refractivity contribution in [3.8, 4) is 0 Å². The van der Waals surface area contributed by atoms with Crippen molar-refractivity contribution in [1.82, 2.24) is 4.98 Å². The number of benzene rings is 1. The van der Waals surface area contributed by atoms with Gasteiger partial charge in [-0.05, 0) is 31.0 Å². The maximum absolute atomic E-state index is 11.4. The highest BCUT2D eigenvalue weighted by molar-refractivity contribution is 7.22. The molecule has 0 bridgehead atoms. The molecule has 1 amide bonds. The molecular weight excluding hydrogens is 256 g/mol. The van der Waals surface area contributed by atoms with Crippen LogP contribution in [0.25, 0.3) is 10.2 Å². The number of hydrogen-bond acceptors (Lipinski definition) is 3. The number of nitrogens with one attached hydrogen (secondary N) is 1. The van der Waals surface area contributed by atoms with Crippen LogP contribution in [0.2, 0.25) is 0 Å². The number of fused-ring (bicyclic) bond motifs is 1. The number of hydrogen-bond donors (Lipinski definition) is 1. The Labute approximate surface area is 109 Å². The van der Waals surface area contributed by atoms with Gasteiger partial charge in [-0.1, -0.05) is 24.3 Å². The molecule has 1 aromatic heterocycles. The van der Waals surface area contributed by atoms with Crippen molar-refractivity contribution >= 4 is 44.2 Å². The highest BCUT2D eigenvalue weighted by Crippen LogP contribution is 2.27. The van der Waals surface area contributed by atoms with E-state index in [0.717, 1.165) is 16.6 Å². The average molecular weight is 269 g/mol. The van der Waals surface area contributed by atoms with Crippen LogP contribution in [0.1, 0.15) is 19.4 Å². The first-order valence-corrected chi connectivity index (χ1v) is 6.70. The summed E-state index contributed by atoms with van der Waals surface area (Å²) >= 11 is 7.16. The van der Waals surface area contributed by atoms with Crippen molar-refractivity contribution < 1.29 is 4.79 Å². The van der Waals surface area contributed by atoms with E-state index in [0.29, 0.717) is 5.13 Å². The second-order valence-electron chi connectivity index (χ2n) is 3.78.